The molecule has 1 saturated heterocycles. The Labute approximate surface area is 137 Å². The lowest BCUT2D eigenvalue weighted by molar-refractivity contribution is -0.142. The molecular formula is C19H36O3. The fraction of sp³-hybridized carbons (Fsp3) is 0.947. The van der Waals surface area contributed by atoms with Crippen LogP contribution < -0.4 is 0 Å². The molecule has 3 nitrogen and oxygen atoms in total. The van der Waals surface area contributed by atoms with Crippen molar-refractivity contribution in [1.29, 1.82) is 0 Å². The van der Waals surface area contributed by atoms with Gasteiger partial charge in [0.15, 0.2) is 6.10 Å². The van der Waals surface area contributed by atoms with E-state index in [1.165, 1.54) is 90.6 Å². The fourth-order valence-electron chi connectivity index (χ4n) is 3.05. The first-order chi connectivity index (χ1) is 10.8. The molecule has 22 heavy (non-hydrogen) atoms. The van der Waals surface area contributed by atoms with E-state index in [4.69, 9.17) is 4.74 Å². The van der Waals surface area contributed by atoms with Gasteiger partial charge in [-0.1, -0.05) is 90.4 Å². The Hall–Kier alpha value is -0.570. The van der Waals surface area contributed by atoms with Gasteiger partial charge in [-0.05, 0) is 6.42 Å². The van der Waals surface area contributed by atoms with E-state index in [-0.39, 0.29) is 18.2 Å². The molecule has 0 aromatic heterocycles. The Morgan fingerprint density at radius 1 is 0.818 bits per heavy atom. The molecule has 0 N–H and O–H groups in total. The number of unbranched alkanes of at least 4 members (excludes halogenated alkanes) is 12. The van der Waals surface area contributed by atoms with Crippen LogP contribution in [0, 0.1) is 0 Å². The summed E-state index contributed by atoms with van der Waals surface area (Å²) in [5, 5.41) is 0. The van der Waals surface area contributed by atoms with Gasteiger partial charge in [0, 0.05) is 0 Å². The summed E-state index contributed by atoms with van der Waals surface area (Å²) in [6.07, 6.45) is 18.7. The molecule has 0 aromatic rings. The third kappa shape index (κ3) is 9.45. The maximum Gasteiger partial charge on any atom is 0.337 e. The number of hydrogen-bond donors (Lipinski definition) is 0. The number of carbonyl (C=O) groups excluding carboxylic acids is 1. The van der Waals surface area contributed by atoms with Gasteiger partial charge < -0.3 is 9.47 Å². The van der Waals surface area contributed by atoms with E-state index in [0.29, 0.717) is 0 Å². The number of hydrogen-bond acceptors (Lipinski definition) is 3. The molecule has 130 valence electrons. The summed E-state index contributed by atoms with van der Waals surface area (Å²) >= 11 is 0. The predicted molar refractivity (Wildman–Crippen MR) is 91.0 cm³/mol. The van der Waals surface area contributed by atoms with Crippen LogP contribution in [0.25, 0.3) is 0 Å². The van der Waals surface area contributed by atoms with Crippen LogP contribution in [0.1, 0.15) is 96.8 Å². The molecule has 0 unspecified atom stereocenters. The van der Waals surface area contributed by atoms with Crippen molar-refractivity contribution in [2.45, 2.75) is 109 Å². The van der Waals surface area contributed by atoms with Crippen LogP contribution in [0.3, 0.4) is 0 Å². The molecule has 0 aromatic carbocycles. The van der Waals surface area contributed by atoms with Crippen LogP contribution in [0.5, 0.6) is 0 Å². The van der Waals surface area contributed by atoms with Crippen LogP contribution in [-0.2, 0) is 14.3 Å². The maximum absolute atomic E-state index is 11.2. The molecule has 1 rings (SSSR count). The Balaban J connectivity index is 1.71. The van der Waals surface area contributed by atoms with Crippen LogP contribution >= 0.6 is 0 Å². The van der Waals surface area contributed by atoms with E-state index in [0.717, 1.165) is 6.42 Å². The first-order valence-electron chi connectivity index (χ1n) is 9.53. The monoisotopic (exact) mass is 312 g/mol. The van der Waals surface area contributed by atoms with Gasteiger partial charge >= 0.3 is 5.97 Å². The molecule has 0 saturated carbocycles. The van der Waals surface area contributed by atoms with Crippen molar-refractivity contribution in [3.63, 3.8) is 0 Å². The van der Waals surface area contributed by atoms with Crippen molar-refractivity contribution >= 4 is 5.97 Å². The zero-order chi connectivity index (χ0) is 16.0. The van der Waals surface area contributed by atoms with Gasteiger partial charge in [0.25, 0.3) is 0 Å². The van der Waals surface area contributed by atoms with Gasteiger partial charge in [0.1, 0.15) is 0 Å². The second kappa shape index (κ2) is 12.9. The topological polar surface area (TPSA) is 38.8 Å². The first-order valence-corrected chi connectivity index (χ1v) is 9.53. The number of rotatable bonds is 15. The van der Waals surface area contributed by atoms with Crippen molar-refractivity contribution in [3.05, 3.63) is 0 Å². The molecule has 1 aliphatic rings. The molecule has 0 spiro atoms. The lowest BCUT2D eigenvalue weighted by atomic mass is 10.0. The highest BCUT2D eigenvalue weighted by molar-refractivity contribution is 5.77. The zero-order valence-corrected chi connectivity index (χ0v) is 14.8. The fourth-order valence-corrected chi connectivity index (χ4v) is 3.05. The Morgan fingerprint density at radius 2 is 1.27 bits per heavy atom. The van der Waals surface area contributed by atoms with Crippen LogP contribution in [0.15, 0.2) is 0 Å². The smallest absolute Gasteiger partial charge is 0.337 e. The van der Waals surface area contributed by atoms with Crippen LogP contribution in [-0.4, -0.2) is 25.3 Å². The van der Waals surface area contributed by atoms with Gasteiger partial charge in [-0.3, -0.25) is 0 Å². The Bertz CT molecular complexity index is 278. The van der Waals surface area contributed by atoms with E-state index in [1.54, 1.807) is 0 Å². The van der Waals surface area contributed by atoms with Crippen LogP contribution in [0.2, 0.25) is 0 Å². The van der Waals surface area contributed by atoms with Gasteiger partial charge in [-0.25, -0.2) is 4.79 Å². The highest BCUT2D eigenvalue weighted by atomic mass is 16.6. The number of ether oxygens (including phenoxy) is 2. The summed E-state index contributed by atoms with van der Waals surface area (Å²) in [7, 11) is 1.42. The maximum atomic E-state index is 11.2. The lowest BCUT2D eigenvalue weighted by Crippen LogP contribution is -2.11. The normalized spacial score (nSPS) is 20.1. The summed E-state index contributed by atoms with van der Waals surface area (Å²) in [5.74, 6) is -0.209. The van der Waals surface area contributed by atoms with Gasteiger partial charge in [-0.15, -0.1) is 0 Å². The van der Waals surface area contributed by atoms with Crippen molar-refractivity contribution in [3.8, 4) is 0 Å². The second-order valence-corrected chi connectivity index (χ2v) is 6.65. The molecule has 1 fully saturated rings. The number of esters is 1. The van der Waals surface area contributed by atoms with E-state index >= 15 is 0 Å². The summed E-state index contributed by atoms with van der Waals surface area (Å²) < 4.78 is 9.96. The highest BCUT2D eigenvalue weighted by Gasteiger charge is 2.45. The molecular weight excluding hydrogens is 276 g/mol. The van der Waals surface area contributed by atoms with E-state index in [1.807, 2.05) is 0 Å². The third-order valence-electron chi connectivity index (χ3n) is 4.61. The van der Waals surface area contributed by atoms with Crippen molar-refractivity contribution in [2.75, 3.05) is 7.11 Å². The minimum atomic E-state index is -0.262. The molecule has 3 heteroatoms. The number of methoxy groups -OCH3 is 1. The largest absolute Gasteiger partial charge is 0.467 e. The quantitative estimate of drug-likeness (QED) is 0.230. The average molecular weight is 312 g/mol. The lowest BCUT2D eigenvalue weighted by Gasteiger charge is -2.02. The van der Waals surface area contributed by atoms with Gasteiger partial charge in [0.05, 0.1) is 13.2 Å². The summed E-state index contributed by atoms with van der Waals surface area (Å²) in [6, 6.07) is 0. The standard InChI is InChI=1S/C19H36O3/c1-3-4-5-6-7-8-9-10-11-12-13-14-15-16-17-18(22-17)19(20)21-2/h17-18H,3-16H2,1-2H3/t17-,18-/m1/s1. The predicted octanol–water partition coefficient (Wildman–Crippen LogP) is 5.41. The van der Waals surface area contributed by atoms with Gasteiger partial charge in [-0.2, -0.15) is 0 Å². The third-order valence-corrected chi connectivity index (χ3v) is 4.61. The summed E-state index contributed by atoms with van der Waals surface area (Å²) in [6.45, 7) is 2.27. The van der Waals surface area contributed by atoms with Gasteiger partial charge in [0.2, 0.25) is 0 Å². The molecule has 0 amide bonds. The average Bonchev–Trinajstić information content (AvgIpc) is 3.30. The summed E-state index contributed by atoms with van der Waals surface area (Å²) in [4.78, 5) is 11.2. The Kier molecular flexibility index (Phi) is 11.4. The molecule has 0 aliphatic carbocycles. The zero-order valence-electron chi connectivity index (χ0n) is 14.8. The first kappa shape index (κ1) is 19.5. The van der Waals surface area contributed by atoms with Crippen molar-refractivity contribution < 1.29 is 14.3 Å². The SMILES string of the molecule is CCCCCCCCCCCCCCC[C@H]1O[C@H]1C(=O)OC. The highest BCUT2D eigenvalue weighted by Crippen LogP contribution is 2.28. The minimum Gasteiger partial charge on any atom is -0.467 e. The van der Waals surface area contributed by atoms with E-state index in [9.17, 15) is 4.79 Å². The molecule has 1 heterocycles. The number of epoxide rings is 1. The Morgan fingerprint density at radius 3 is 1.73 bits per heavy atom. The molecule has 0 bridgehead atoms. The van der Waals surface area contributed by atoms with Crippen molar-refractivity contribution in [2.24, 2.45) is 0 Å². The van der Waals surface area contributed by atoms with E-state index in [2.05, 4.69) is 11.7 Å². The van der Waals surface area contributed by atoms with Crippen molar-refractivity contribution in [1.82, 2.24) is 0 Å². The molecule has 1 aliphatic heterocycles. The molecule has 2 atom stereocenters. The minimum absolute atomic E-state index is 0.139. The van der Waals surface area contributed by atoms with Crippen LogP contribution in [0.4, 0.5) is 0 Å². The second-order valence-electron chi connectivity index (χ2n) is 6.65. The summed E-state index contributed by atoms with van der Waals surface area (Å²) in [5.41, 5.74) is 0. The molecule has 0 radical (unpaired) electrons. The van der Waals surface area contributed by atoms with E-state index < -0.39 is 0 Å². The number of carbonyl (C=O) groups is 1.